The Morgan fingerprint density at radius 2 is 1.77 bits per heavy atom. The number of unbranched alkanes of at least 4 members (excludes halogenated alkanes) is 2. The standard InChI is InChI=1S/C22H24N4O4/c23-17(27)12-5-2-8-14-25-19(16-11-6-7-13-24-16)18-20(30-25)22(29)26(21(18)28)15-9-3-1-4-10-15/h1,3-4,6-7,9-11,13,18-20H,2,5,8,12,14H2,(H2,23,27). The van der Waals surface area contributed by atoms with Crippen molar-refractivity contribution in [3.63, 3.8) is 0 Å². The minimum absolute atomic E-state index is 0.275. The number of carbonyl (C=O) groups excluding carboxylic acids is 3. The fourth-order valence-corrected chi connectivity index (χ4v) is 4.12. The molecular formula is C22H24N4O4. The van der Waals surface area contributed by atoms with Gasteiger partial charge in [-0.05, 0) is 37.1 Å². The number of benzene rings is 1. The van der Waals surface area contributed by atoms with Crippen LogP contribution in [0.3, 0.4) is 0 Å². The van der Waals surface area contributed by atoms with Crippen LogP contribution in [0.15, 0.2) is 54.7 Å². The number of hydroxylamine groups is 2. The van der Waals surface area contributed by atoms with E-state index in [1.165, 1.54) is 4.90 Å². The highest BCUT2D eigenvalue weighted by Gasteiger charge is 2.60. The van der Waals surface area contributed by atoms with Gasteiger partial charge in [0.05, 0.1) is 23.3 Å². The van der Waals surface area contributed by atoms with E-state index in [0.717, 1.165) is 12.8 Å². The van der Waals surface area contributed by atoms with Gasteiger partial charge in [-0.3, -0.25) is 24.2 Å². The normalized spacial score (nSPS) is 23.7. The van der Waals surface area contributed by atoms with Gasteiger partial charge < -0.3 is 5.73 Å². The number of anilines is 1. The summed E-state index contributed by atoms with van der Waals surface area (Å²) >= 11 is 0. The summed E-state index contributed by atoms with van der Waals surface area (Å²) in [4.78, 5) is 48.9. The van der Waals surface area contributed by atoms with E-state index in [1.807, 2.05) is 24.3 Å². The number of nitrogens with zero attached hydrogens (tertiary/aromatic N) is 3. The van der Waals surface area contributed by atoms with Gasteiger partial charge in [0.15, 0.2) is 6.10 Å². The van der Waals surface area contributed by atoms with Gasteiger partial charge in [-0.2, -0.15) is 5.06 Å². The number of fused-ring (bicyclic) bond motifs is 1. The summed E-state index contributed by atoms with van der Waals surface area (Å²) in [6.45, 7) is 0.527. The first-order chi connectivity index (χ1) is 14.6. The maximum Gasteiger partial charge on any atom is 0.265 e. The summed E-state index contributed by atoms with van der Waals surface area (Å²) in [5.41, 5.74) is 6.42. The number of rotatable bonds is 8. The molecule has 2 fully saturated rings. The van der Waals surface area contributed by atoms with E-state index in [-0.39, 0.29) is 17.7 Å². The van der Waals surface area contributed by atoms with Crippen molar-refractivity contribution in [2.24, 2.45) is 11.7 Å². The number of pyridine rings is 1. The average molecular weight is 408 g/mol. The Hall–Kier alpha value is -3.10. The molecule has 8 heteroatoms. The van der Waals surface area contributed by atoms with E-state index in [2.05, 4.69) is 4.98 Å². The van der Waals surface area contributed by atoms with Crippen LogP contribution in [0.5, 0.6) is 0 Å². The SMILES string of the molecule is NC(=O)CCCCCN1OC2C(=O)N(c3ccccc3)C(=O)C2C1c1ccccn1. The van der Waals surface area contributed by atoms with Gasteiger partial charge in [-0.1, -0.05) is 30.7 Å². The quantitative estimate of drug-likeness (QED) is 0.529. The molecule has 30 heavy (non-hydrogen) atoms. The maximum absolute atomic E-state index is 13.3. The molecule has 0 bridgehead atoms. The predicted octanol–water partition coefficient (Wildman–Crippen LogP) is 1.97. The van der Waals surface area contributed by atoms with E-state index in [0.29, 0.717) is 30.8 Å². The first-order valence-electron chi connectivity index (χ1n) is 10.1. The average Bonchev–Trinajstić information content (AvgIpc) is 3.24. The fourth-order valence-electron chi connectivity index (χ4n) is 4.12. The van der Waals surface area contributed by atoms with Gasteiger partial charge in [0.1, 0.15) is 0 Å². The van der Waals surface area contributed by atoms with Crippen molar-refractivity contribution in [1.29, 1.82) is 0 Å². The number of hydrogen-bond acceptors (Lipinski definition) is 6. The van der Waals surface area contributed by atoms with E-state index >= 15 is 0 Å². The fraction of sp³-hybridized carbons (Fsp3) is 0.364. The Bertz CT molecular complexity index is 921. The van der Waals surface area contributed by atoms with Crippen LogP contribution in [0, 0.1) is 5.92 Å². The molecule has 156 valence electrons. The van der Waals surface area contributed by atoms with Crippen LogP contribution in [0.4, 0.5) is 5.69 Å². The molecule has 0 aliphatic carbocycles. The van der Waals surface area contributed by atoms with Gasteiger partial charge in [-0.25, -0.2) is 4.90 Å². The summed E-state index contributed by atoms with van der Waals surface area (Å²) < 4.78 is 0. The minimum Gasteiger partial charge on any atom is -0.370 e. The Morgan fingerprint density at radius 1 is 1.00 bits per heavy atom. The van der Waals surface area contributed by atoms with E-state index in [4.69, 9.17) is 10.6 Å². The molecule has 3 atom stereocenters. The van der Waals surface area contributed by atoms with Crippen LogP contribution < -0.4 is 10.6 Å². The smallest absolute Gasteiger partial charge is 0.265 e. The third-order valence-electron chi connectivity index (χ3n) is 5.50. The molecule has 2 aliphatic heterocycles. The summed E-state index contributed by atoms with van der Waals surface area (Å²) in [6.07, 6.45) is 3.40. The zero-order valence-electron chi connectivity index (χ0n) is 16.5. The highest BCUT2D eigenvalue weighted by atomic mass is 16.7. The molecule has 0 radical (unpaired) electrons. The second-order valence-electron chi connectivity index (χ2n) is 7.52. The molecule has 2 aliphatic rings. The molecule has 2 saturated heterocycles. The topological polar surface area (TPSA) is 106 Å². The molecule has 0 saturated carbocycles. The van der Waals surface area contributed by atoms with Crippen molar-refractivity contribution in [1.82, 2.24) is 10.0 Å². The van der Waals surface area contributed by atoms with Gasteiger partial charge in [0.2, 0.25) is 11.8 Å². The molecule has 3 unspecified atom stereocenters. The Labute approximate surface area is 174 Å². The molecule has 8 nitrogen and oxygen atoms in total. The molecule has 4 rings (SSSR count). The Morgan fingerprint density at radius 3 is 2.47 bits per heavy atom. The Balaban J connectivity index is 1.55. The number of carbonyl (C=O) groups is 3. The predicted molar refractivity (Wildman–Crippen MR) is 109 cm³/mol. The number of hydrogen-bond donors (Lipinski definition) is 1. The highest BCUT2D eigenvalue weighted by Crippen LogP contribution is 2.45. The van der Waals surface area contributed by atoms with E-state index in [9.17, 15) is 14.4 Å². The lowest BCUT2D eigenvalue weighted by atomic mass is 9.93. The van der Waals surface area contributed by atoms with Crippen molar-refractivity contribution >= 4 is 23.4 Å². The van der Waals surface area contributed by atoms with Gasteiger partial charge >= 0.3 is 0 Å². The lowest BCUT2D eigenvalue weighted by molar-refractivity contribution is -0.173. The summed E-state index contributed by atoms with van der Waals surface area (Å²) in [5.74, 6) is -1.60. The van der Waals surface area contributed by atoms with Crippen LogP contribution >= 0.6 is 0 Å². The number of amides is 3. The molecule has 1 aromatic heterocycles. The molecule has 3 heterocycles. The zero-order chi connectivity index (χ0) is 21.1. The van der Waals surface area contributed by atoms with Crippen molar-refractivity contribution in [2.75, 3.05) is 11.4 Å². The number of nitrogens with two attached hydrogens (primary N) is 1. The Kier molecular flexibility index (Phi) is 5.87. The minimum atomic E-state index is -0.865. The van der Waals surface area contributed by atoms with Crippen LogP contribution in [0.1, 0.15) is 37.4 Å². The number of para-hydroxylation sites is 1. The van der Waals surface area contributed by atoms with Crippen LogP contribution in [0.2, 0.25) is 0 Å². The summed E-state index contributed by atoms with van der Waals surface area (Å²) in [7, 11) is 0. The molecule has 3 amide bonds. The van der Waals surface area contributed by atoms with Crippen molar-refractivity contribution in [3.05, 3.63) is 60.4 Å². The first-order valence-corrected chi connectivity index (χ1v) is 10.1. The first kappa shape index (κ1) is 20.2. The zero-order valence-corrected chi connectivity index (χ0v) is 16.5. The van der Waals surface area contributed by atoms with Crippen molar-refractivity contribution in [2.45, 2.75) is 37.8 Å². The second kappa shape index (κ2) is 8.73. The van der Waals surface area contributed by atoms with Crippen LogP contribution in [0.25, 0.3) is 0 Å². The third kappa shape index (κ3) is 3.83. The molecule has 2 N–H and O–H groups in total. The maximum atomic E-state index is 13.3. The summed E-state index contributed by atoms with van der Waals surface area (Å²) in [5, 5.41) is 1.71. The van der Waals surface area contributed by atoms with Gasteiger partial charge in [0.25, 0.3) is 5.91 Å². The van der Waals surface area contributed by atoms with E-state index in [1.54, 1.807) is 35.5 Å². The highest BCUT2D eigenvalue weighted by molar-refractivity contribution is 6.23. The second-order valence-corrected chi connectivity index (χ2v) is 7.52. The monoisotopic (exact) mass is 408 g/mol. The third-order valence-corrected chi connectivity index (χ3v) is 5.50. The molecular weight excluding hydrogens is 384 g/mol. The lowest BCUT2D eigenvalue weighted by Gasteiger charge is -2.26. The van der Waals surface area contributed by atoms with Crippen LogP contribution in [-0.4, -0.2) is 40.4 Å². The molecule has 0 spiro atoms. The lowest BCUT2D eigenvalue weighted by Crippen LogP contribution is -2.37. The number of primary amides is 1. The number of imide groups is 1. The largest absolute Gasteiger partial charge is 0.370 e. The number of aromatic nitrogens is 1. The molecule has 1 aromatic carbocycles. The van der Waals surface area contributed by atoms with Crippen LogP contribution in [-0.2, 0) is 19.2 Å². The van der Waals surface area contributed by atoms with Gasteiger partial charge in [-0.15, -0.1) is 0 Å². The van der Waals surface area contributed by atoms with E-state index < -0.39 is 18.1 Å². The van der Waals surface area contributed by atoms with Crippen molar-refractivity contribution in [3.8, 4) is 0 Å². The summed E-state index contributed by atoms with van der Waals surface area (Å²) in [6, 6.07) is 14.0. The van der Waals surface area contributed by atoms with Crippen molar-refractivity contribution < 1.29 is 19.2 Å². The molecule has 2 aromatic rings. The van der Waals surface area contributed by atoms with Gasteiger partial charge in [0, 0.05) is 19.2 Å².